The number of hydrogen-bond acceptors (Lipinski definition) is 1. The fraction of sp³-hybridized carbons (Fsp3) is 0.818. The summed E-state index contributed by atoms with van der Waals surface area (Å²) in [6.45, 7) is 2.51. The molecule has 0 aromatic heterocycles. The molecule has 0 aromatic carbocycles. The second kappa shape index (κ2) is 2.88. The van der Waals surface area contributed by atoms with Gasteiger partial charge in [-0.25, -0.2) is 0 Å². The Kier molecular flexibility index (Phi) is 1.99. The average molecular weight is 166 g/mol. The maximum Gasteiger partial charge on any atom is 0.0519 e. The maximum absolute atomic E-state index is 9.26. The molecule has 2 atom stereocenters. The van der Waals surface area contributed by atoms with E-state index in [2.05, 4.69) is 13.0 Å². The number of fused-ring (bicyclic) bond motifs is 2. The maximum atomic E-state index is 9.26. The van der Waals surface area contributed by atoms with Crippen LogP contribution in [0.25, 0.3) is 0 Å². The lowest BCUT2D eigenvalue weighted by Gasteiger charge is -2.38. The third kappa shape index (κ3) is 1.42. The van der Waals surface area contributed by atoms with Crippen molar-refractivity contribution in [1.82, 2.24) is 0 Å². The number of aliphatic hydroxyl groups excluding tert-OH is 1. The first-order valence-corrected chi connectivity index (χ1v) is 5.03. The summed E-state index contributed by atoms with van der Waals surface area (Å²) in [7, 11) is 0. The molecular weight excluding hydrogens is 148 g/mol. The third-order valence-electron chi connectivity index (χ3n) is 3.33. The van der Waals surface area contributed by atoms with Gasteiger partial charge in [-0.05, 0) is 38.0 Å². The second-order valence-electron chi connectivity index (χ2n) is 4.78. The quantitative estimate of drug-likeness (QED) is 0.593. The largest absolute Gasteiger partial charge is 0.395 e. The Bertz CT molecular complexity index is 207. The molecular formula is C11H18O. The number of aliphatic hydroxyl groups is 1. The van der Waals surface area contributed by atoms with Gasteiger partial charge in [-0.1, -0.05) is 18.6 Å². The van der Waals surface area contributed by atoms with Crippen molar-refractivity contribution >= 4 is 0 Å². The third-order valence-corrected chi connectivity index (χ3v) is 3.33. The monoisotopic (exact) mass is 166 g/mol. The van der Waals surface area contributed by atoms with E-state index >= 15 is 0 Å². The van der Waals surface area contributed by atoms with Gasteiger partial charge in [0.05, 0.1) is 6.61 Å². The molecule has 1 saturated carbocycles. The Morgan fingerprint density at radius 3 is 3.17 bits per heavy atom. The molecule has 0 aliphatic heterocycles. The zero-order valence-corrected chi connectivity index (χ0v) is 7.84. The molecule has 2 aliphatic carbocycles. The normalized spacial score (nSPS) is 40.8. The van der Waals surface area contributed by atoms with E-state index in [1.54, 1.807) is 5.57 Å². The fourth-order valence-corrected chi connectivity index (χ4v) is 2.82. The van der Waals surface area contributed by atoms with Crippen molar-refractivity contribution in [1.29, 1.82) is 0 Å². The minimum Gasteiger partial charge on any atom is -0.395 e. The molecule has 12 heavy (non-hydrogen) atoms. The molecule has 1 heteroatoms. The highest BCUT2D eigenvalue weighted by Gasteiger charge is 2.32. The van der Waals surface area contributed by atoms with Crippen LogP contribution in [0.3, 0.4) is 0 Å². The lowest BCUT2D eigenvalue weighted by molar-refractivity contribution is 0.135. The molecule has 2 rings (SSSR count). The van der Waals surface area contributed by atoms with Crippen molar-refractivity contribution in [2.75, 3.05) is 6.61 Å². The summed E-state index contributed by atoms with van der Waals surface area (Å²) in [5, 5.41) is 9.26. The average Bonchev–Trinajstić information content (AvgIpc) is 2.03. The summed E-state index contributed by atoms with van der Waals surface area (Å²) >= 11 is 0. The molecule has 2 unspecified atom stereocenters. The Morgan fingerprint density at radius 2 is 2.50 bits per heavy atom. The summed E-state index contributed by atoms with van der Waals surface area (Å²) < 4.78 is 0. The van der Waals surface area contributed by atoms with Crippen molar-refractivity contribution < 1.29 is 5.11 Å². The summed E-state index contributed by atoms with van der Waals surface area (Å²) in [5.41, 5.74) is 1.72. The van der Waals surface area contributed by atoms with Crippen LogP contribution in [-0.4, -0.2) is 11.7 Å². The highest BCUT2D eigenvalue weighted by Crippen LogP contribution is 2.43. The molecule has 0 aromatic rings. The summed E-state index contributed by atoms with van der Waals surface area (Å²) in [4.78, 5) is 0. The van der Waals surface area contributed by atoms with Crippen molar-refractivity contribution in [3.8, 4) is 0 Å². The molecule has 2 aliphatic rings. The summed E-state index contributed by atoms with van der Waals surface area (Å²) in [5.74, 6) is 0.871. The van der Waals surface area contributed by atoms with Gasteiger partial charge in [0.1, 0.15) is 0 Å². The van der Waals surface area contributed by atoms with Crippen LogP contribution in [0.1, 0.15) is 39.0 Å². The Morgan fingerprint density at radius 1 is 1.67 bits per heavy atom. The Hall–Kier alpha value is -0.300. The van der Waals surface area contributed by atoms with Crippen molar-refractivity contribution in [2.24, 2.45) is 11.3 Å². The molecule has 1 fully saturated rings. The van der Waals surface area contributed by atoms with Gasteiger partial charge in [-0.2, -0.15) is 0 Å². The van der Waals surface area contributed by atoms with Crippen LogP contribution >= 0.6 is 0 Å². The highest BCUT2D eigenvalue weighted by molar-refractivity contribution is 5.16. The zero-order valence-electron chi connectivity index (χ0n) is 7.84. The summed E-state index contributed by atoms with van der Waals surface area (Å²) in [6.07, 6.45) is 8.89. The number of allylic oxidation sites excluding steroid dienone is 1. The number of hydrogen-bond donors (Lipinski definition) is 1. The van der Waals surface area contributed by atoms with Crippen LogP contribution in [0.2, 0.25) is 0 Å². The molecule has 1 nitrogen and oxygen atoms in total. The minimum absolute atomic E-state index is 0.110. The SMILES string of the molecule is CC1(CO)C=C2CCCC(C2)C1. The molecule has 0 amide bonds. The van der Waals surface area contributed by atoms with Gasteiger partial charge in [0.2, 0.25) is 0 Å². The summed E-state index contributed by atoms with van der Waals surface area (Å²) in [6, 6.07) is 0. The molecule has 1 N–H and O–H groups in total. The molecule has 0 saturated heterocycles. The minimum atomic E-state index is 0.110. The van der Waals surface area contributed by atoms with Gasteiger partial charge >= 0.3 is 0 Å². The predicted molar refractivity (Wildman–Crippen MR) is 49.9 cm³/mol. The van der Waals surface area contributed by atoms with Gasteiger partial charge in [-0.3, -0.25) is 0 Å². The van der Waals surface area contributed by atoms with E-state index in [0.29, 0.717) is 6.61 Å². The van der Waals surface area contributed by atoms with Gasteiger partial charge in [0.15, 0.2) is 0 Å². The molecule has 0 radical (unpaired) electrons. The first-order valence-electron chi connectivity index (χ1n) is 5.03. The van der Waals surface area contributed by atoms with Crippen LogP contribution < -0.4 is 0 Å². The van der Waals surface area contributed by atoms with Gasteiger partial charge in [-0.15, -0.1) is 0 Å². The van der Waals surface area contributed by atoms with E-state index in [-0.39, 0.29) is 5.41 Å². The smallest absolute Gasteiger partial charge is 0.0519 e. The van der Waals surface area contributed by atoms with E-state index in [1.165, 1.54) is 32.1 Å². The van der Waals surface area contributed by atoms with E-state index in [9.17, 15) is 5.11 Å². The van der Waals surface area contributed by atoms with Crippen LogP contribution in [0.4, 0.5) is 0 Å². The number of rotatable bonds is 1. The first kappa shape index (κ1) is 8.31. The van der Waals surface area contributed by atoms with Gasteiger partial charge in [0.25, 0.3) is 0 Å². The predicted octanol–water partition coefficient (Wildman–Crippen LogP) is 2.51. The molecule has 2 bridgehead atoms. The molecule has 68 valence electrons. The molecule has 0 spiro atoms. The first-order chi connectivity index (χ1) is 5.72. The lowest BCUT2D eigenvalue weighted by atomic mass is 9.68. The molecule has 0 heterocycles. The van der Waals surface area contributed by atoms with Crippen LogP contribution in [0, 0.1) is 11.3 Å². The topological polar surface area (TPSA) is 20.2 Å². The Balaban J connectivity index is 2.21. The van der Waals surface area contributed by atoms with Gasteiger partial charge < -0.3 is 5.11 Å². The van der Waals surface area contributed by atoms with E-state index in [0.717, 1.165) is 5.92 Å². The Labute approximate surface area is 74.5 Å². The second-order valence-corrected chi connectivity index (χ2v) is 4.78. The van der Waals surface area contributed by atoms with Crippen molar-refractivity contribution in [2.45, 2.75) is 39.0 Å². The van der Waals surface area contributed by atoms with E-state index in [4.69, 9.17) is 0 Å². The van der Waals surface area contributed by atoms with Crippen LogP contribution in [0.5, 0.6) is 0 Å². The van der Waals surface area contributed by atoms with Crippen LogP contribution in [0.15, 0.2) is 11.6 Å². The fourth-order valence-electron chi connectivity index (χ4n) is 2.82. The lowest BCUT2D eigenvalue weighted by Crippen LogP contribution is -2.29. The van der Waals surface area contributed by atoms with Gasteiger partial charge in [0, 0.05) is 5.41 Å². The van der Waals surface area contributed by atoms with E-state index < -0.39 is 0 Å². The zero-order chi connectivity index (χ0) is 8.60. The van der Waals surface area contributed by atoms with Crippen molar-refractivity contribution in [3.05, 3.63) is 11.6 Å². The van der Waals surface area contributed by atoms with Crippen LogP contribution in [-0.2, 0) is 0 Å². The highest BCUT2D eigenvalue weighted by atomic mass is 16.3. The standard InChI is InChI=1S/C11H18O/c1-11(8-12)6-9-3-2-4-10(5-9)7-11/h6,10,12H,2-5,7-8H2,1H3. The van der Waals surface area contributed by atoms with Crippen molar-refractivity contribution in [3.63, 3.8) is 0 Å². The van der Waals surface area contributed by atoms with E-state index in [1.807, 2.05) is 0 Å².